The summed E-state index contributed by atoms with van der Waals surface area (Å²) in [4.78, 5) is 9.39. The number of hydrogen-bond acceptors (Lipinski definition) is 2. The maximum Gasteiger partial charge on any atom is 0.416 e. The molecule has 2 aromatic carbocycles. The van der Waals surface area contributed by atoms with Crippen molar-refractivity contribution in [1.82, 2.24) is 4.98 Å². The van der Waals surface area contributed by atoms with Crippen LogP contribution in [0.4, 0.5) is 18.9 Å². The zero-order valence-electron chi connectivity index (χ0n) is 14.5. The molecule has 3 aromatic rings. The third-order valence-corrected chi connectivity index (χ3v) is 5.72. The van der Waals surface area contributed by atoms with E-state index in [-0.39, 0.29) is 0 Å². The lowest BCUT2D eigenvalue weighted by Crippen LogP contribution is -2.06. The average Bonchev–Trinajstić information content (AvgIpc) is 3.27. The molecular formula is C22H17F3N2. The van der Waals surface area contributed by atoms with Crippen molar-refractivity contribution in [2.75, 3.05) is 0 Å². The standard InChI is InChI=1S/C22H17F3N2/c23-22(24,25)16-8-9-17-18(11-16)27-20-15-7-6-14(10-15)19(20)21(17)26-12-13-4-2-1-3-5-13/h1-5,8-9,11-12,14-15H,6-7,10H2. The van der Waals surface area contributed by atoms with Gasteiger partial charge in [-0.15, -0.1) is 0 Å². The van der Waals surface area contributed by atoms with Gasteiger partial charge in [0.15, 0.2) is 0 Å². The van der Waals surface area contributed by atoms with Crippen molar-refractivity contribution in [3.8, 4) is 0 Å². The Labute approximate surface area is 154 Å². The molecule has 0 radical (unpaired) electrons. The molecule has 2 aliphatic rings. The van der Waals surface area contributed by atoms with Gasteiger partial charge in [-0.25, -0.2) is 0 Å². The second-order valence-electron chi connectivity index (χ2n) is 7.36. The van der Waals surface area contributed by atoms with Crippen LogP contribution < -0.4 is 0 Å². The number of aliphatic imine (C=N–C) groups is 1. The highest BCUT2D eigenvalue weighted by atomic mass is 19.4. The zero-order chi connectivity index (χ0) is 18.6. The van der Waals surface area contributed by atoms with E-state index in [4.69, 9.17) is 4.99 Å². The molecular weight excluding hydrogens is 349 g/mol. The molecule has 5 rings (SSSR count). The van der Waals surface area contributed by atoms with Crippen LogP contribution in [-0.2, 0) is 6.18 Å². The fraction of sp³-hybridized carbons (Fsp3) is 0.273. The van der Waals surface area contributed by atoms with E-state index in [0.717, 1.165) is 53.9 Å². The minimum Gasteiger partial charge on any atom is -0.255 e. The van der Waals surface area contributed by atoms with Crippen LogP contribution in [0.3, 0.4) is 0 Å². The van der Waals surface area contributed by atoms with E-state index in [1.807, 2.05) is 30.3 Å². The quantitative estimate of drug-likeness (QED) is 0.484. The molecule has 0 saturated heterocycles. The smallest absolute Gasteiger partial charge is 0.255 e. The number of rotatable bonds is 2. The first-order valence-corrected chi connectivity index (χ1v) is 9.14. The third-order valence-electron chi connectivity index (χ3n) is 5.72. The highest BCUT2D eigenvalue weighted by molar-refractivity contribution is 5.96. The van der Waals surface area contributed by atoms with Crippen molar-refractivity contribution < 1.29 is 13.2 Å². The number of fused-ring (bicyclic) bond motifs is 6. The highest BCUT2D eigenvalue weighted by Crippen LogP contribution is 2.56. The number of benzene rings is 2. The van der Waals surface area contributed by atoms with Gasteiger partial charge in [0.1, 0.15) is 0 Å². The molecule has 136 valence electrons. The molecule has 1 saturated carbocycles. The van der Waals surface area contributed by atoms with E-state index in [1.165, 1.54) is 6.07 Å². The van der Waals surface area contributed by atoms with Crippen LogP contribution in [0, 0.1) is 0 Å². The van der Waals surface area contributed by atoms with Gasteiger partial charge >= 0.3 is 6.18 Å². The lowest BCUT2D eigenvalue weighted by atomic mass is 9.92. The monoisotopic (exact) mass is 366 g/mol. The molecule has 0 aliphatic heterocycles. The normalized spacial score (nSPS) is 21.3. The molecule has 2 unspecified atom stereocenters. The summed E-state index contributed by atoms with van der Waals surface area (Å²) in [6.07, 6.45) is 0.634. The Morgan fingerprint density at radius 2 is 1.78 bits per heavy atom. The topological polar surface area (TPSA) is 25.2 Å². The van der Waals surface area contributed by atoms with Gasteiger partial charge in [-0.3, -0.25) is 9.98 Å². The molecule has 0 N–H and O–H groups in total. The van der Waals surface area contributed by atoms with Gasteiger partial charge in [-0.1, -0.05) is 36.4 Å². The molecule has 2 nitrogen and oxygen atoms in total. The average molecular weight is 366 g/mol. The van der Waals surface area contributed by atoms with Crippen LogP contribution in [0.15, 0.2) is 53.5 Å². The van der Waals surface area contributed by atoms with Crippen molar-refractivity contribution in [1.29, 1.82) is 0 Å². The molecule has 2 aliphatic carbocycles. The number of hydrogen-bond donors (Lipinski definition) is 0. The maximum atomic E-state index is 13.2. The van der Waals surface area contributed by atoms with Crippen LogP contribution in [0.2, 0.25) is 0 Å². The first-order valence-electron chi connectivity index (χ1n) is 9.14. The second kappa shape index (κ2) is 5.91. The molecule has 2 atom stereocenters. The minimum atomic E-state index is -4.37. The number of nitrogens with zero attached hydrogens (tertiary/aromatic N) is 2. The van der Waals surface area contributed by atoms with E-state index in [1.54, 1.807) is 6.21 Å². The Bertz CT molecular complexity index is 1050. The van der Waals surface area contributed by atoms with Gasteiger partial charge in [-0.05, 0) is 42.9 Å². The largest absolute Gasteiger partial charge is 0.416 e. The van der Waals surface area contributed by atoms with Crippen molar-refractivity contribution in [3.63, 3.8) is 0 Å². The Balaban J connectivity index is 1.72. The Kier molecular flexibility index (Phi) is 3.61. The minimum absolute atomic E-state index is 0.356. The van der Waals surface area contributed by atoms with Crippen molar-refractivity contribution in [2.24, 2.45) is 4.99 Å². The fourth-order valence-corrected chi connectivity index (χ4v) is 4.48. The number of aromatic nitrogens is 1. The Hall–Kier alpha value is -2.69. The lowest BCUT2D eigenvalue weighted by molar-refractivity contribution is -0.137. The SMILES string of the molecule is FC(F)(F)c1ccc2c(N=Cc3ccccc3)c3c(nc2c1)C1CCC3C1. The van der Waals surface area contributed by atoms with E-state index in [9.17, 15) is 13.2 Å². The number of pyridine rings is 1. The summed E-state index contributed by atoms with van der Waals surface area (Å²) in [5.74, 6) is 0.779. The van der Waals surface area contributed by atoms with Crippen LogP contribution in [0.1, 0.15) is 53.5 Å². The molecule has 1 heterocycles. The molecule has 1 fully saturated rings. The van der Waals surface area contributed by atoms with Crippen molar-refractivity contribution in [3.05, 3.63) is 70.9 Å². The predicted molar refractivity (Wildman–Crippen MR) is 99.8 cm³/mol. The summed E-state index contributed by atoms with van der Waals surface area (Å²) in [5, 5.41) is 0.696. The molecule has 2 bridgehead atoms. The Morgan fingerprint density at radius 1 is 1.00 bits per heavy atom. The molecule has 5 heteroatoms. The molecule has 0 spiro atoms. The zero-order valence-corrected chi connectivity index (χ0v) is 14.5. The van der Waals surface area contributed by atoms with Gasteiger partial charge in [-0.2, -0.15) is 13.2 Å². The summed E-state index contributed by atoms with van der Waals surface area (Å²) in [6.45, 7) is 0. The second-order valence-corrected chi connectivity index (χ2v) is 7.36. The molecule has 0 amide bonds. The summed E-state index contributed by atoms with van der Waals surface area (Å²) in [6, 6.07) is 13.5. The van der Waals surface area contributed by atoms with Crippen LogP contribution >= 0.6 is 0 Å². The van der Waals surface area contributed by atoms with E-state index in [2.05, 4.69) is 4.98 Å². The van der Waals surface area contributed by atoms with Crippen LogP contribution in [0.5, 0.6) is 0 Å². The summed E-state index contributed by atoms with van der Waals surface area (Å²) in [7, 11) is 0. The Morgan fingerprint density at radius 3 is 2.56 bits per heavy atom. The molecule has 1 aromatic heterocycles. The van der Waals surface area contributed by atoms with Gasteiger partial charge in [0.2, 0.25) is 0 Å². The van der Waals surface area contributed by atoms with Crippen LogP contribution in [-0.4, -0.2) is 11.2 Å². The first-order chi connectivity index (χ1) is 13.0. The maximum absolute atomic E-state index is 13.2. The van der Waals surface area contributed by atoms with Gasteiger partial charge in [0.05, 0.1) is 16.8 Å². The van der Waals surface area contributed by atoms with Crippen LogP contribution in [0.25, 0.3) is 10.9 Å². The number of halogens is 3. The van der Waals surface area contributed by atoms with Gasteiger partial charge < -0.3 is 0 Å². The number of alkyl halides is 3. The van der Waals surface area contributed by atoms with Crippen molar-refractivity contribution in [2.45, 2.75) is 37.3 Å². The van der Waals surface area contributed by atoms with E-state index in [0.29, 0.717) is 22.7 Å². The van der Waals surface area contributed by atoms with E-state index >= 15 is 0 Å². The predicted octanol–water partition coefficient (Wildman–Crippen LogP) is 6.37. The first kappa shape index (κ1) is 16.5. The highest BCUT2D eigenvalue weighted by Gasteiger charge is 2.41. The summed E-state index contributed by atoms with van der Waals surface area (Å²) in [5.41, 5.74) is 3.58. The van der Waals surface area contributed by atoms with Gasteiger partial charge in [0.25, 0.3) is 0 Å². The summed E-state index contributed by atoms with van der Waals surface area (Å²) >= 11 is 0. The van der Waals surface area contributed by atoms with E-state index < -0.39 is 11.7 Å². The fourth-order valence-electron chi connectivity index (χ4n) is 4.48. The summed E-state index contributed by atoms with van der Waals surface area (Å²) < 4.78 is 39.5. The van der Waals surface area contributed by atoms with Gasteiger partial charge in [0, 0.05) is 28.8 Å². The van der Waals surface area contributed by atoms with Crippen molar-refractivity contribution >= 4 is 22.8 Å². The lowest BCUT2D eigenvalue weighted by Gasteiger charge is -2.19. The molecule has 27 heavy (non-hydrogen) atoms. The third kappa shape index (κ3) is 2.73.